The van der Waals surface area contributed by atoms with E-state index in [9.17, 15) is 8.78 Å². The standard InChI is InChI=1S/C7H7F2NO.BrH/c8-5-1-4(3-10)2-6(9)7(5)11;/h1-2,11H,3,10H2;1H. The minimum absolute atomic E-state index is 0. The Morgan fingerprint density at radius 1 is 1.25 bits per heavy atom. The van der Waals surface area contributed by atoms with E-state index in [1.165, 1.54) is 0 Å². The van der Waals surface area contributed by atoms with Gasteiger partial charge < -0.3 is 10.8 Å². The van der Waals surface area contributed by atoms with E-state index in [1.807, 2.05) is 0 Å². The van der Waals surface area contributed by atoms with Crippen LogP contribution in [0.2, 0.25) is 0 Å². The minimum Gasteiger partial charge on any atom is -0.503 e. The molecule has 3 N–H and O–H groups in total. The zero-order valence-electron chi connectivity index (χ0n) is 6.05. The van der Waals surface area contributed by atoms with Crippen LogP contribution in [0, 0.1) is 11.6 Å². The Balaban J connectivity index is 0.00000121. The quantitative estimate of drug-likeness (QED) is 0.784. The Kier molecular flexibility index (Phi) is 4.12. The monoisotopic (exact) mass is 239 g/mol. The molecule has 0 aliphatic heterocycles. The summed E-state index contributed by atoms with van der Waals surface area (Å²) < 4.78 is 25.0. The molecule has 0 heterocycles. The molecule has 0 aliphatic rings. The summed E-state index contributed by atoms with van der Waals surface area (Å²) in [7, 11) is 0. The van der Waals surface area contributed by atoms with Crippen molar-refractivity contribution >= 4 is 17.0 Å². The summed E-state index contributed by atoms with van der Waals surface area (Å²) in [6.45, 7) is 0.0497. The van der Waals surface area contributed by atoms with Crippen LogP contribution in [0.5, 0.6) is 5.75 Å². The van der Waals surface area contributed by atoms with E-state index in [0.29, 0.717) is 5.56 Å². The lowest BCUT2D eigenvalue weighted by atomic mass is 10.2. The van der Waals surface area contributed by atoms with Gasteiger partial charge in [-0.25, -0.2) is 8.78 Å². The smallest absolute Gasteiger partial charge is 0.187 e. The molecule has 1 aromatic carbocycles. The molecule has 0 amide bonds. The van der Waals surface area contributed by atoms with Gasteiger partial charge in [-0.2, -0.15) is 0 Å². The van der Waals surface area contributed by atoms with E-state index >= 15 is 0 Å². The predicted octanol–water partition coefficient (Wildman–Crippen LogP) is 1.71. The highest BCUT2D eigenvalue weighted by Gasteiger charge is 2.07. The maximum absolute atomic E-state index is 12.5. The summed E-state index contributed by atoms with van der Waals surface area (Å²) in [5.74, 6) is -2.92. The van der Waals surface area contributed by atoms with Gasteiger partial charge in [0.05, 0.1) is 0 Å². The Hall–Kier alpha value is -0.680. The van der Waals surface area contributed by atoms with Crippen LogP contribution in [-0.4, -0.2) is 5.11 Å². The molecule has 68 valence electrons. The number of rotatable bonds is 1. The molecule has 2 nitrogen and oxygen atoms in total. The van der Waals surface area contributed by atoms with E-state index in [-0.39, 0.29) is 23.5 Å². The van der Waals surface area contributed by atoms with Gasteiger partial charge in [0, 0.05) is 6.54 Å². The topological polar surface area (TPSA) is 46.2 Å². The first-order valence-electron chi connectivity index (χ1n) is 3.02. The Labute approximate surface area is 78.8 Å². The summed E-state index contributed by atoms with van der Waals surface area (Å²) in [4.78, 5) is 0. The zero-order chi connectivity index (χ0) is 8.43. The van der Waals surface area contributed by atoms with Crippen molar-refractivity contribution < 1.29 is 13.9 Å². The zero-order valence-corrected chi connectivity index (χ0v) is 7.76. The van der Waals surface area contributed by atoms with E-state index in [1.54, 1.807) is 0 Å². The lowest BCUT2D eigenvalue weighted by Gasteiger charge is -1.99. The summed E-state index contributed by atoms with van der Waals surface area (Å²) in [5, 5.41) is 8.64. The van der Waals surface area contributed by atoms with Crippen LogP contribution >= 0.6 is 17.0 Å². The van der Waals surface area contributed by atoms with Crippen LogP contribution in [0.3, 0.4) is 0 Å². The van der Waals surface area contributed by atoms with Gasteiger partial charge in [0.25, 0.3) is 0 Å². The molecule has 0 saturated heterocycles. The van der Waals surface area contributed by atoms with Crippen LogP contribution in [0.15, 0.2) is 12.1 Å². The molecule has 12 heavy (non-hydrogen) atoms. The van der Waals surface area contributed by atoms with Crippen molar-refractivity contribution in [1.29, 1.82) is 0 Å². The highest BCUT2D eigenvalue weighted by Crippen LogP contribution is 2.20. The second kappa shape index (κ2) is 4.37. The number of nitrogens with two attached hydrogens (primary N) is 1. The number of halogens is 3. The van der Waals surface area contributed by atoms with E-state index < -0.39 is 17.4 Å². The molecule has 0 bridgehead atoms. The largest absolute Gasteiger partial charge is 0.503 e. The number of phenolic OH excluding ortho intramolecular Hbond substituents is 1. The summed E-state index contributed by atoms with van der Waals surface area (Å²) >= 11 is 0. The average molecular weight is 240 g/mol. The van der Waals surface area contributed by atoms with Crippen LogP contribution in [0.4, 0.5) is 8.78 Å². The number of hydrogen-bond acceptors (Lipinski definition) is 2. The lowest BCUT2D eigenvalue weighted by Crippen LogP contribution is -1.98. The molecule has 0 radical (unpaired) electrons. The van der Waals surface area contributed by atoms with Gasteiger partial charge in [0.2, 0.25) is 0 Å². The van der Waals surface area contributed by atoms with Gasteiger partial charge in [0.15, 0.2) is 17.4 Å². The van der Waals surface area contributed by atoms with Crippen molar-refractivity contribution in [2.45, 2.75) is 6.54 Å². The molecule has 0 atom stereocenters. The molecule has 5 heteroatoms. The highest BCUT2D eigenvalue weighted by molar-refractivity contribution is 8.93. The van der Waals surface area contributed by atoms with Gasteiger partial charge in [-0.15, -0.1) is 17.0 Å². The fraction of sp³-hybridized carbons (Fsp3) is 0.143. The molecule has 0 aliphatic carbocycles. The van der Waals surface area contributed by atoms with Gasteiger partial charge >= 0.3 is 0 Å². The molecule has 0 fully saturated rings. The maximum atomic E-state index is 12.5. The molecule has 0 aromatic heterocycles. The molecular formula is C7H8BrF2NO. The van der Waals surface area contributed by atoms with Crippen molar-refractivity contribution in [3.05, 3.63) is 29.3 Å². The predicted molar refractivity (Wildman–Crippen MR) is 46.2 cm³/mol. The van der Waals surface area contributed by atoms with E-state index in [2.05, 4.69) is 0 Å². The van der Waals surface area contributed by atoms with Crippen molar-refractivity contribution in [2.75, 3.05) is 0 Å². The first-order valence-corrected chi connectivity index (χ1v) is 3.02. The van der Waals surface area contributed by atoms with Gasteiger partial charge in [-0.3, -0.25) is 0 Å². The number of hydrogen-bond donors (Lipinski definition) is 2. The lowest BCUT2D eigenvalue weighted by molar-refractivity contribution is 0.395. The summed E-state index contributed by atoms with van der Waals surface area (Å²) in [6.07, 6.45) is 0. The van der Waals surface area contributed by atoms with Crippen molar-refractivity contribution in [3.63, 3.8) is 0 Å². The minimum atomic E-state index is -0.981. The maximum Gasteiger partial charge on any atom is 0.187 e. The normalized spacial score (nSPS) is 9.25. The molecule has 1 aromatic rings. The molecule has 0 unspecified atom stereocenters. The van der Waals surface area contributed by atoms with Crippen LogP contribution in [0.1, 0.15) is 5.56 Å². The number of aromatic hydroxyl groups is 1. The third-order valence-electron chi connectivity index (χ3n) is 1.31. The Morgan fingerprint density at radius 3 is 2.00 bits per heavy atom. The van der Waals surface area contributed by atoms with Crippen molar-refractivity contribution in [3.8, 4) is 5.75 Å². The van der Waals surface area contributed by atoms with Gasteiger partial charge in [0.1, 0.15) is 0 Å². The number of benzene rings is 1. The first-order chi connectivity index (χ1) is 5.15. The van der Waals surface area contributed by atoms with Crippen molar-refractivity contribution in [2.24, 2.45) is 5.73 Å². The first kappa shape index (κ1) is 11.3. The molecule has 0 spiro atoms. The molecule has 0 saturated carbocycles. The third-order valence-corrected chi connectivity index (χ3v) is 1.31. The second-order valence-corrected chi connectivity index (χ2v) is 2.11. The van der Waals surface area contributed by atoms with Crippen LogP contribution in [0.25, 0.3) is 0 Å². The highest BCUT2D eigenvalue weighted by atomic mass is 79.9. The number of phenols is 1. The van der Waals surface area contributed by atoms with Gasteiger partial charge in [-0.1, -0.05) is 0 Å². The van der Waals surface area contributed by atoms with Crippen LogP contribution < -0.4 is 5.73 Å². The fourth-order valence-corrected chi connectivity index (χ4v) is 0.736. The summed E-state index contributed by atoms with van der Waals surface area (Å²) in [6, 6.07) is 2.00. The van der Waals surface area contributed by atoms with E-state index in [4.69, 9.17) is 10.8 Å². The van der Waals surface area contributed by atoms with E-state index in [0.717, 1.165) is 12.1 Å². The summed E-state index contributed by atoms with van der Waals surface area (Å²) in [5.41, 5.74) is 5.44. The van der Waals surface area contributed by atoms with Gasteiger partial charge in [-0.05, 0) is 17.7 Å². The fourth-order valence-electron chi connectivity index (χ4n) is 0.736. The second-order valence-electron chi connectivity index (χ2n) is 2.11. The third kappa shape index (κ3) is 2.15. The van der Waals surface area contributed by atoms with Crippen LogP contribution in [-0.2, 0) is 6.54 Å². The Morgan fingerprint density at radius 2 is 1.67 bits per heavy atom. The van der Waals surface area contributed by atoms with Crippen molar-refractivity contribution in [1.82, 2.24) is 0 Å². The average Bonchev–Trinajstić information content (AvgIpc) is 1.99. The molecular weight excluding hydrogens is 232 g/mol. The Bertz CT molecular complexity index is 257. The molecule has 1 rings (SSSR count). The SMILES string of the molecule is Br.NCc1cc(F)c(O)c(F)c1.